The first kappa shape index (κ1) is 11.9. The summed E-state index contributed by atoms with van der Waals surface area (Å²) in [4.78, 5) is 24.6. The fourth-order valence-electron chi connectivity index (χ4n) is 1.07. The maximum absolute atomic E-state index is 10.9. The van der Waals surface area contributed by atoms with Crippen molar-refractivity contribution in [1.29, 1.82) is 0 Å². The Morgan fingerprint density at radius 2 is 2.38 bits per heavy atom. The number of hydrogen-bond acceptors (Lipinski definition) is 6. The van der Waals surface area contributed by atoms with Crippen molar-refractivity contribution in [3.8, 4) is 0 Å². The molecule has 1 aromatic rings. The predicted octanol–water partition coefficient (Wildman–Crippen LogP) is 0.883. The zero-order chi connectivity index (χ0) is 12.1. The molecule has 86 valence electrons. The van der Waals surface area contributed by atoms with E-state index in [0.717, 1.165) is 6.20 Å². The summed E-state index contributed by atoms with van der Waals surface area (Å²) in [6.45, 7) is 1.64. The van der Waals surface area contributed by atoms with Gasteiger partial charge in [-0.3, -0.25) is 14.9 Å². The van der Waals surface area contributed by atoms with E-state index in [1.807, 2.05) is 0 Å². The Kier molecular flexibility index (Phi) is 3.76. The second-order valence-corrected chi connectivity index (χ2v) is 3.05. The van der Waals surface area contributed by atoms with Gasteiger partial charge in [0, 0.05) is 6.07 Å². The number of nitrogens with one attached hydrogen (secondary N) is 1. The smallest absolute Gasteiger partial charge is 0.325 e. The molecular weight excluding hydrogens is 214 g/mol. The van der Waals surface area contributed by atoms with Gasteiger partial charge in [0.05, 0.1) is 12.0 Å². The molecule has 0 radical (unpaired) electrons. The Morgan fingerprint density at radius 3 is 2.88 bits per heavy atom. The van der Waals surface area contributed by atoms with E-state index in [1.165, 1.54) is 13.2 Å². The van der Waals surface area contributed by atoms with Gasteiger partial charge in [-0.15, -0.1) is 0 Å². The maximum atomic E-state index is 10.9. The minimum absolute atomic E-state index is 0.0256. The van der Waals surface area contributed by atoms with E-state index < -0.39 is 10.9 Å². The fraction of sp³-hybridized carbons (Fsp3) is 0.333. The number of esters is 1. The van der Waals surface area contributed by atoms with Crippen LogP contribution in [-0.2, 0) is 9.53 Å². The lowest BCUT2D eigenvalue weighted by Crippen LogP contribution is -2.16. The molecule has 0 bridgehead atoms. The molecule has 0 saturated carbocycles. The lowest BCUT2D eigenvalue weighted by Gasteiger charge is -2.06. The summed E-state index contributed by atoms with van der Waals surface area (Å²) in [5, 5.41) is 13.2. The van der Waals surface area contributed by atoms with Crippen molar-refractivity contribution in [3.05, 3.63) is 27.9 Å². The fourth-order valence-corrected chi connectivity index (χ4v) is 1.07. The van der Waals surface area contributed by atoms with E-state index >= 15 is 0 Å². The molecule has 1 heterocycles. The van der Waals surface area contributed by atoms with Crippen LogP contribution in [0.5, 0.6) is 0 Å². The molecule has 0 unspecified atom stereocenters. The molecule has 1 rings (SSSR count). The van der Waals surface area contributed by atoms with E-state index in [2.05, 4.69) is 15.0 Å². The Labute approximate surface area is 91.6 Å². The van der Waals surface area contributed by atoms with Gasteiger partial charge in [0.1, 0.15) is 18.6 Å². The van der Waals surface area contributed by atoms with E-state index in [0.29, 0.717) is 11.4 Å². The number of aryl methyl sites for hydroxylation is 1. The summed E-state index contributed by atoms with van der Waals surface area (Å²) in [7, 11) is 1.28. The van der Waals surface area contributed by atoms with Gasteiger partial charge in [-0.05, 0) is 12.5 Å². The van der Waals surface area contributed by atoms with Crippen LogP contribution in [0.3, 0.4) is 0 Å². The standard InChI is InChI=1S/C9H11N3O4/c1-6-3-7(12(14)15)4-10-9(6)11-5-8(13)16-2/h3-4H,5H2,1-2H3,(H,10,11). The normalized spacial score (nSPS) is 9.62. The Balaban J connectivity index is 2.75. The van der Waals surface area contributed by atoms with Crippen molar-refractivity contribution < 1.29 is 14.5 Å². The second kappa shape index (κ2) is 5.06. The van der Waals surface area contributed by atoms with Crippen molar-refractivity contribution in [2.45, 2.75) is 6.92 Å². The number of nitrogens with zero attached hydrogens (tertiary/aromatic N) is 2. The topological polar surface area (TPSA) is 94.4 Å². The van der Waals surface area contributed by atoms with Crippen molar-refractivity contribution in [2.75, 3.05) is 19.0 Å². The third kappa shape index (κ3) is 2.91. The first-order valence-electron chi connectivity index (χ1n) is 4.46. The molecule has 16 heavy (non-hydrogen) atoms. The van der Waals surface area contributed by atoms with Crippen LogP contribution in [0, 0.1) is 17.0 Å². The van der Waals surface area contributed by atoms with E-state index in [1.54, 1.807) is 6.92 Å². The van der Waals surface area contributed by atoms with Gasteiger partial charge in [0.2, 0.25) is 0 Å². The molecular formula is C9H11N3O4. The van der Waals surface area contributed by atoms with Crippen LogP contribution in [-0.4, -0.2) is 29.5 Å². The highest BCUT2D eigenvalue weighted by Crippen LogP contribution is 2.17. The molecule has 0 spiro atoms. The molecule has 0 aromatic carbocycles. The van der Waals surface area contributed by atoms with Crippen LogP contribution in [0.4, 0.5) is 11.5 Å². The highest BCUT2D eigenvalue weighted by molar-refractivity contribution is 5.74. The van der Waals surface area contributed by atoms with Crippen molar-refractivity contribution in [3.63, 3.8) is 0 Å². The van der Waals surface area contributed by atoms with Gasteiger partial charge in [-0.25, -0.2) is 4.98 Å². The van der Waals surface area contributed by atoms with Gasteiger partial charge in [-0.2, -0.15) is 0 Å². The highest BCUT2D eigenvalue weighted by Gasteiger charge is 2.10. The summed E-state index contributed by atoms with van der Waals surface area (Å²) >= 11 is 0. The molecule has 0 fully saturated rings. The summed E-state index contributed by atoms with van der Waals surface area (Å²) in [6, 6.07) is 1.38. The first-order valence-corrected chi connectivity index (χ1v) is 4.46. The molecule has 0 saturated heterocycles. The van der Waals surface area contributed by atoms with Gasteiger partial charge < -0.3 is 10.1 Å². The minimum Gasteiger partial charge on any atom is -0.468 e. The van der Waals surface area contributed by atoms with Crippen LogP contribution in [0.15, 0.2) is 12.3 Å². The average Bonchev–Trinajstić information content (AvgIpc) is 2.26. The molecule has 0 aliphatic rings. The van der Waals surface area contributed by atoms with Crippen molar-refractivity contribution in [2.24, 2.45) is 0 Å². The maximum Gasteiger partial charge on any atom is 0.325 e. The largest absolute Gasteiger partial charge is 0.468 e. The van der Waals surface area contributed by atoms with E-state index in [-0.39, 0.29) is 12.2 Å². The Morgan fingerprint density at radius 1 is 1.69 bits per heavy atom. The molecule has 7 heteroatoms. The third-order valence-corrected chi connectivity index (χ3v) is 1.90. The van der Waals surface area contributed by atoms with Crippen LogP contribution in [0.2, 0.25) is 0 Å². The van der Waals surface area contributed by atoms with Gasteiger partial charge >= 0.3 is 5.97 Å². The number of rotatable bonds is 4. The lowest BCUT2D eigenvalue weighted by atomic mass is 10.2. The zero-order valence-electron chi connectivity index (χ0n) is 8.89. The first-order chi connectivity index (χ1) is 7.54. The van der Waals surface area contributed by atoms with E-state index in [4.69, 9.17) is 0 Å². The Bertz CT molecular complexity index is 419. The highest BCUT2D eigenvalue weighted by atomic mass is 16.6. The number of pyridine rings is 1. The molecule has 1 N–H and O–H groups in total. The number of carbonyl (C=O) groups excluding carboxylic acids is 1. The average molecular weight is 225 g/mol. The molecule has 7 nitrogen and oxygen atoms in total. The monoisotopic (exact) mass is 225 g/mol. The summed E-state index contributed by atoms with van der Waals surface area (Å²) in [5.41, 5.74) is 0.513. The molecule has 0 atom stereocenters. The Hall–Kier alpha value is -2.18. The number of hydrogen-bond donors (Lipinski definition) is 1. The van der Waals surface area contributed by atoms with Gasteiger partial charge in [0.25, 0.3) is 5.69 Å². The summed E-state index contributed by atoms with van der Waals surface area (Å²) < 4.78 is 4.44. The molecule has 0 aliphatic carbocycles. The summed E-state index contributed by atoms with van der Waals surface area (Å²) in [6.07, 6.45) is 1.13. The van der Waals surface area contributed by atoms with Crippen LogP contribution >= 0.6 is 0 Å². The number of aromatic nitrogens is 1. The molecule has 0 amide bonds. The predicted molar refractivity (Wildman–Crippen MR) is 56.1 cm³/mol. The summed E-state index contributed by atoms with van der Waals surface area (Å²) in [5.74, 6) is -0.00412. The van der Waals surface area contributed by atoms with Crippen LogP contribution in [0.1, 0.15) is 5.56 Å². The number of nitro groups is 1. The minimum atomic E-state index is -0.524. The quantitative estimate of drug-likeness (QED) is 0.464. The SMILES string of the molecule is COC(=O)CNc1ncc([N+](=O)[O-])cc1C. The lowest BCUT2D eigenvalue weighted by molar-refractivity contribution is -0.385. The van der Waals surface area contributed by atoms with Crippen molar-refractivity contribution in [1.82, 2.24) is 4.98 Å². The van der Waals surface area contributed by atoms with Crippen molar-refractivity contribution >= 4 is 17.5 Å². The van der Waals surface area contributed by atoms with Crippen LogP contribution < -0.4 is 5.32 Å². The van der Waals surface area contributed by atoms with Gasteiger partial charge in [-0.1, -0.05) is 0 Å². The van der Waals surface area contributed by atoms with Crippen LogP contribution in [0.25, 0.3) is 0 Å². The number of carbonyl (C=O) groups is 1. The number of anilines is 1. The number of methoxy groups -OCH3 is 1. The molecule has 0 aliphatic heterocycles. The van der Waals surface area contributed by atoms with Gasteiger partial charge in [0.15, 0.2) is 0 Å². The second-order valence-electron chi connectivity index (χ2n) is 3.05. The third-order valence-electron chi connectivity index (χ3n) is 1.90. The van der Waals surface area contributed by atoms with E-state index in [9.17, 15) is 14.9 Å². The zero-order valence-corrected chi connectivity index (χ0v) is 8.89. The molecule has 1 aromatic heterocycles. The number of ether oxygens (including phenoxy) is 1.